The molecule has 0 bridgehead atoms. The van der Waals surface area contributed by atoms with Crippen LogP contribution in [0.4, 0.5) is 5.69 Å². The van der Waals surface area contributed by atoms with Gasteiger partial charge in [-0.05, 0) is 44.2 Å². The predicted octanol–water partition coefficient (Wildman–Crippen LogP) is 5.21. The molecule has 0 aliphatic carbocycles. The molecule has 3 rings (SSSR count). The van der Waals surface area contributed by atoms with Gasteiger partial charge in [0.15, 0.2) is 5.17 Å². The summed E-state index contributed by atoms with van der Waals surface area (Å²) >= 11 is 13.8. The van der Waals surface area contributed by atoms with E-state index in [1.54, 1.807) is 63.4 Å². The highest BCUT2D eigenvalue weighted by Crippen LogP contribution is 2.39. The van der Waals surface area contributed by atoms with E-state index >= 15 is 0 Å². The number of rotatable bonds is 7. The molecule has 174 valence electrons. The Hall–Kier alpha value is -2.68. The van der Waals surface area contributed by atoms with Crippen LogP contribution >= 0.6 is 35.0 Å². The topological polar surface area (TPSA) is 89.0 Å². The molecule has 0 spiro atoms. The maximum atomic E-state index is 12.7. The van der Waals surface area contributed by atoms with E-state index in [-0.39, 0.29) is 18.3 Å². The fourth-order valence-electron chi connectivity index (χ4n) is 3.16. The van der Waals surface area contributed by atoms with Crippen molar-refractivity contribution in [2.45, 2.75) is 19.9 Å². The number of thioether (sulfide) groups is 1. The van der Waals surface area contributed by atoms with Crippen LogP contribution in [0.5, 0.6) is 5.75 Å². The minimum atomic E-state index is -0.719. The van der Waals surface area contributed by atoms with E-state index in [1.165, 1.54) is 11.8 Å². The first kappa shape index (κ1) is 25.0. The van der Waals surface area contributed by atoms with E-state index < -0.39 is 12.0 Å². The lowest BCUT2D eigenvalue weighted by atomic mass is 9.96. The summed E-state index contributed by atoms with van der Waals surface area (Å²) in [7, 11) is 1.58. The highest BCUT2D eigenvalue weighted by molar-refractivity contribution is 8.14. The summed E-state index contributed by atoms with van der Waals surface area (Å²) in [5.41, 5.74) is 2.15. The standard InChI is InChI=1S/C23H23Cl2N3O4S/c1-4-32-22(30)19-13(2)26-23(28-21(19)16-6-5-7-17(24)20(16)25)33-12-18(29)27-14-8-10-15(31-3)11-9-14/h5-11,21H,4,12H2,1-3H3,(H,26,28)(H,27,29)/t21-/m0/s1. The average molecular weight is 508 g/mol. The predicted molar refractivity (Wildman–Crippen MR) is 133 cm³/mol. The molecule has 0 fully saturated rings. The summed E-state index contributed by atoms with van der Waals surface area (Å²) in [4.78, 5) is 29.8. The Morgan fingerprint density at radius 3 is 2.58 bits per heavy atom. The number of anilines is 1. The molecule has 33 heavy (non-hydrogen) atoms. The summed E-state index contributed by atoms with van der Waals surface area (Å²) in [6.45, 7) is 3.71. The van der Waals surface area contributed by atoms with Gasteiger partial charge in [-0.2, -0.15) is 0 Å². The molecular weight excluding hydrogens is 485 g/mol. The normalized spacial score (nSPS) is 15.4. The Kier molecular flexibility index (Phi) is 8.66. The van der Waals surface area contributed by atoms with Crippen molar-refractivity contribution in [3.8, 4) is 5.75 Å². The third-order valence-electron chi connectivity index (χ3n) is 4.70. The van der Waals surface area contributed by atoms with Crippen LogP contribution in [-0.4, -0.2) is 36.5 Å². The van der Waals surface area contributed by atoms with Crippen molar-refractivity contribution in [3.05, 3.63) is 69.3 Å². The second kappa shape index (κ2) is 11.4. The number of allylic oxidation sites excluding steroid dienone is 1. The monoisotopic (exact) mass is 507 g/mol. The Bertz CT molecular complexity index is 1100. The molecule has 2 aromatic rings. The number of carbonyl (C=O) groups excluding carboxylic acids is 2. The average Bonchev–Trinajstić information content (AvgIpc) is 2.79. The molecule has 1 aliphatic heterocycles. The van der Waals surface area contributed by atoms with Gasteiger partial charge in [-0.15, -0.1) is 0 Å². The second-order valence-corrected chi connectivity index (χ2v) is 8.68. The van der Waals surface area contributed by atoms with Crippen LogP contribution in [0, 0.1) is 0 Å². The number of amides is 1. The highest BCUT2D eigenvalue weighted by Gasteiger charge is 2.32. The number of halogens is 2. The summed E-state index contributed by atoms with van der Waals surface area (Å²) in [6.07, 6.45) is 0. The van der Waals surface area contributed by atoms with Crippen LogP contribution in [0.25, 0.3) is 0 Å². The molecule has 10 heteroatoms. The molecule has 0 saturated carbocycles. The molecule has 0 saturated heterocycles. The second-order valence-electron chi connectivity index (χ2n) is 6.93. The van der Waals surface area contributed by atoms with Gasteiger partial charge in [0.1, 0.15) is 11.8 Å². The molecule has 1 amide bonds. The zero-order valence-electron chi connectivity index (χ0n) is 18.3. The van der Waals surface area contributed by atoms with E-state index in [4.69, 9.17) is 32.7 Å². The third kappa shape index (κ3) is 6.22. The summed E-state index contributed by atoms with van der Waals surface area (Å²) in [5.74, 6) is 0.113. The highest BCUT2D eigenvalue weighted by atomic mass is 35.5. The Labute approximate surface area is 206 Å². The first-order valence-electron chi connectivity index (χ1n) is 10.1. The molecule has 1 heterocycles. The van der Waals surface area contributed by atoms with Gasteiger partial charge < -0.3 is 20.1 Å². The lowest BCUT2D eigenvalue weighted by Crippen LogP contribution is -2.31. The van der Waals surface area contributed by atoms with Gasteiger partial charge in [-0.3, -0.25) is 4.79 Å². The molecule has 2 aromatic carbocycles. The number of hydrogen-bond acceptors (Lipinski definition) is 7. The largest absolute Gasteiger partial charge is 0.497 e. The van der Waals surface area contributed by atoms with Gasteiger partial charge in [0, 0.05) is 16.9 Å². The van der Waals surface area contributed by atoms with E-state index in [9.17, 15) is 9.59 Å². The minimum Gasteiger partial charge on any atom is -0.497 e. The van der Waals surface area contributed by atoms with Gasteiger partial charge >= 0.3 is 5.97 Å². The molecule has 0 radical (unpaired) electrons. The Balaban J connectivity index is 1.78. The van der Waals surface area contributed by atoms with E-state index in [1.807, 2.05) is 0 Å². The van der Waals surface area contributed by atoms with Crippen LogP contribution in [0.2, 0.25) is 10.0 Å². The van der Waals surface area contributed by atoms with Crippen molar-refractivity contribution in [3.63, 3.8) is 0 Å². The van der Waals surface area contributed by atoms with Crippen LogP contribution in [0.1, 0.15) is 25.5 Å². The van der Waals surface area contributed by atoms with Gasteiger partial charge in [-0.25, -0.2) is 9.79 Å². The minimum absolute atomic E-state index is 0.107. The molecule has 7 nitrogen and oxygen atoms in total. The van der Waals surface area contributed by atoms with Gasteiger partial charge in [0.2, 0.25) is 5.91 Å². The fraction of sp³-hybridized carbons (Fsp3) is 0.261. The number of hydrogen-bond donors (Lipinski definition) is 2. The van der Waals surface area contributed by atoms with Crippen molar-refractivity contribution < 1.29 is 19.1 Å². The van der Waals surface area contributed by atoms with E-state index in [0.29, 0.717) is 43.5 Å². The van der Waals surface area contributed by atoms with Gasteiger partial charge in [-0.1, -0.05) is 47.1 Å². The lowest BCUT2D eigenvalue weighted by Gasteiger charge is -2.26. The summed E-state index contributed by atoms with van der Waals surface area (Å²) < 4.78 is 10.3. The van der Waals surface area contributed by atoms with Crippen molar-refractivity contribution >= 4 is 57.7 Å². The zero-order valence-corrected chi connectivity index (χ0v) is 20.6. The summed E-state index contributed by atoms with van der Waals surface area (Å²) in [5, 5.41) is 7.06. The van der Waals surface area contributed by atoms with Crippen molar-refractivity contribution in [2.75, 3.05) is 24.8 Å². The first-order chi connectivity index (χ1) is 15.8. The van der Waals surface area contributed by atoms with Crippen molar-refractivity contribution in [1.29, 1.82) is 0 Å². The molecule has 2 N–H and O–H groups in total. The fourth-order valence-corrected chi connectivity index (χ4v) is 4.31. The number of amidine groups is 1. The maximum Gasteiger partial charge on any atom is 0.338 e. The quantitative estimate of drug-likeness (QED) is 0.499. The first-order valence-corrected chi connectivity index (χ1v) is 11.8. The number of benzene rings is 2. The number of aliphatic imine (C=N–C) groups is 1. The van der Waals surface area contributed by atoms with Gasteiger partial charge in [0.05, 0.1) is 35.1 Å². The molecule has 1 aliphatic rings. The van der Waals surface area contributed by atoms with Gasteiger partial charge in [0.25, 0.3) is 0 Å². The number of ether oxygens (including phenoxy) is 2. The smallest absolute Gasteiger partial charge is 0.338 e. The zero-order chi connectivity index (χ0) is 24.0. The maximum absolute atomic E-state index is 12.7. The van der Waals surface area contributed by atoms with Crippen LogP contribution < -0.4 is 15.4 Å². The van der Waals surface area contributed by atoms with Crippen LogP contribution in [-0.2, 0) is 14.3 Å². The van der Waals surface area contributed by atoms with E-state index in [0.717, 1.165) is 0 Å². The number of carbonyl (C=O) groups is 2. The SMILES string of the molecule is CCOC(=O)C1=C(C)NC(SCC(=O)Nc2ccc(OC)cc2)=N[C@H]1c1cccc(Cl)c1Cl. The number of nitrogens with zero attached hydrogens (tertiary/aromatic N) is 1. The third-order valence-corrected chi connectivity index (χ3v) is 6.42. The van der Waals surface area contributed by atoms with Crippen LogP contribution in [0.3, 0.4) is 0 Å². The molecule has 1 atom stereocenters. The van der Waals surface area contributed by atoms with Crippen LogP contribution in [0.15, 0.2) is 58.7 Å². The molecule has 0 aromatic heterocycles. The number of methoxy groups -OCH3 is 1. The van der Waals surface area contributed by atoms with E-state index in [2.05, 4.69) is 15.6 Å². The van der Waals surface area contributed by atoms with Crippen molar-refractivity contribution in [1.82, 2.24) is 5.32 Å². The lowest BCUT2D eigenvalue weighted by molar-refractivity contribution is -0.139. The number of esters is 1. The van der Waals surface area contributed by atoms with Crippen molar-refractivity contribution in [2.24, 2.45) is 4.99 Å². The summed E-state index contributed by atoms with van der Waals surface area (Å²) in [6, 6.07) is 11.5. The Morgan fingerprint density at radius 1 is 1.18 bits per heavy atom. The number of nitrogens with one attached hydrogen (secondary N) is 2. The Morgan fingerprint density at radius 2 is 1.91 bits per heavy atom. The molecule has 0 unspecified atom stereocenters. The molecular formula is C23H23Cl2N3O4S.